The molecule has 0 aromatic heterocycles. The van der Waals surface area contributed by atoms with Crippen molar-refractivity contribution in [3.8, 4) is 0 Å². The van der Waals surface area contributed by atoms with Crippen LogP contribution in [0.15, 0.2) is 36.4 Å². The molecule has 10 nitrogen and oxygen atoms in total. The quantitative estimate of drug-likeness (QED) is 0.237. The number of carboxylic acids is 2. The first-order valence-corrected chi connectivity index (χ1v) is 8.41. The van der Waals surface area contributed by atoms with E-state index >= 15 is 0 Å². The summed E-state index contributed by atoms with van der Waals surface area (Å²) in [4.78, 5) is 54.5. The van der Waals surface area contributed by atoms with Gasteiger partial charge in [0.05, 0.1) is 17.6 Å². The van der Waals surface area contributed by atoms with Crippen molar-refractivity contribution in [1.82, 2.24) is 0 Å². The SMILES string of the molecule is COC(=O)c1c(C)c(C)cc([N+](=O)[O-])c1C(=O)c1ccccc1.O=C(O)CC(=O)O. The van der Waals surface area contributed by atoms with E-state index in [1.165, 1.54) is 13.2 Å². The topological polar surface area (TPSA) is 161 Å². The van der Waals surface area contributed by atoms with Crippen molar-refractivity contribution in [1.29, 1.82) is 0 Å². The molecule has 2 aromatic carbocycles. The third-order valence-electron chi connectivity index (χ3n) is 3.98. The summed E-state index contributed by atoms with van der Waals surface area (Å²) in [5, 5.41) is 26.8. The van der Waals surface area contributed by atoms with Crippen molar-refractivity contribution in [3.05, 3.63) is 74.3 Å². The average Bonchev–Trinajstić information content (AvgIpc) is 2.68. The average molecular weight is 417 g/mol. The standard InChI is InChI=1S/C17H15NO5.C3H4O4/c1-10-9-13(18(21)22)15(14(11(10)2)17(20)23-3)16(19)12-7-5-4-6-8-12;4-2(5)1-3(6)7/h4-9H,1-3H3;1H2,(H,4,5)(H,6,7). The molecule has 0 saturated heterocycles. The Morgan fingerprint density at radius 1 is 1.00 bits per heavy atom. The van der Waals surface area contributed by atoms with Gasteiger partial charge in [-0.25, -0.2) is 4.79 Å². The smallest absolute Gasteiger partial charge is 0.339 e. The summed E-state index contributed by atoms with van der Waals surface area (Å²) in [6, 6.07) is 9.42. The number of benzene rings is 2. The molecule has 2 aromatic rings. The van der Waals surface area contributed by atoms with Crippen LogP contribution in [0.25, 0.3) is 0 Å². The number of rotatable bonds is 6. The number of carbonyl (C=O) groups is 4. The lowest BCUT2D eigenvalue weighted by atomic mass is 9.91. The van der Waals surface area contributed by atoms with Gasteiger partial charge in [0, 0.05) is 11.6 Å². The fraction of sp³-hybridized carbons (Fsp3) is 0.200. The Balaban J connectivity index is 0.000000553. The number of esters is 1. The van der Waals surface area contributed by atoms with E-state index in [9.17, 15) is 29.3 Å². The van der Waals surface area contributed by atoms with Crippen molar-refractivity contribution in [2.75, 3.05) is 7.11 Å². The monoisotopic (exact) mass is 417 g/mol. The Morgan fingerprint density at radius 3 is 1.93 bits per heavy atom. The second-order valence-corrected chi connectivity index (χ2v) is 6.00. The Labute approximate surface area is 170 Å². The van der Waals surface area contributed by atoms with Gasteiger partial charge in [0.1, 0.15) is 12.0 Å². The molecule has 0 aliphatic rings. The summed E-state index contributed by atoms with van der Waals surface area (Å²) in [6.07, 6.45) is -0.806. The number of hydrogen-bond donors (Lipinski definition) is 2. The molecule has 0 amide bonds. The number of nitro benzene ring substituents is 1. The van der Waals surface area contributed by atoms with Crippen LogP contribution in [-0.2, 0) is 14.3 Å². The van der Waals surface area contributed by atoms with Gasteiger partial charge in [0.25, 0.3) is 5.69 Å². The fourth-order valence-corrected chi connectivity index (χ4v) is 2.49. The van der Waals surface area contributed by atoms with E-state index in [0.29, 0.717) is 11.1 Å². The zero-order chi connectivity index (χ0) is 23.0. The number of ketones is 1. The summed E-state index contributed by atoms with van der Waals surface area (Å²) < 4.78 is 4.72. The number of methoxy groups -OCH3 is 1. The van der Waals surface area contributed by atoms with E-state index in [1.807, 2.05) is 0 Å². The molecule has 0 atom stereocenters. The number of ether oxygens (including phenoxy) is 1. The van der Waals surface area contributed by atoms with E-state index in [2.05, 4.69) is 0 Å². The van der Waals surface area contributed by atoms with Gasteiger partial charge in [-0.1, -0.05) is 30.3 Å². The molecule has 0 aliphatic carbocycles. The highest BCUT2D eigenvalue weighted by Crippen LogP contribution is 2.31. The minimum absolute atomic E-state index is 0.0620. The Morgan fingerprint density at radius 2 is 1.53 bits per heavy atom. The summed E-state index contributed by atoms with van der Waals surface area (Å²) in [7, 11) is 1.17. The lowest BCUT2D eigenvalue weighted by molar-refractivity contribution is -0.385. The molecule has 2 N–H and O–H groups in total. The minimum Gasteiger partial charge on any atom is -0.481 e. The zero-order valence-electron chi connectivity index (χ0n) is 16.4. The molecule has 0 heterocycles. The van der Waals surface area contributed by atoms with E-state index in [-0.39, 0.29) is 16.7 Å². The van der Waals surface area contributed by atoms with Gasteiger partial charge >= 0.3 is 17.9 Å². The predicted octanol–water partition coefficient (Wildman–Crippen LogP) is 2.77. The number of nitrogens with zero attached hydrogens (tertiary/aromatic N) is 1. The molecule has 0 fully saturated rings. The molecule has 30 heavy (non-hydrogen) atoms. The maximum absolute atomic E-state index is 12.8. The number of aryl methyl sites for hydroxylation is 1. The van der Waals surface area contributed by atoms with Crippen molar-refractivity contribution >= 4 is 29.4 Å². The first-order valence-electron chi connectivity index (χ1n) is 8.41. The number of carboxylic acid groups (broad SMARTS) is 2. The van der Waals surface area contributed by atoms with E-state index < -0.39 is 40.7 Å². The van der Waals surface area contributed by atoms with Gasteiger partial charge in [0.2, 0.25) is 5.78 Å². The van der Waals surface area contributed by atoms with E-state index in [1.54, 1.807) is 44.2 Å². The van der Waals surface area contributed by atoms with Gasteiger partial charge in [0.15, 0.2) is 0 Å². The van der Waals surface area contributed by atoms with Crippen LogP contribution in [0.5, 0.6) is 0 Å². The molecule has 0 aliphatic heterocycles. The van der Waals surface area contributed by atoms with Crippen LogP contribution in [-0.4, -0.2) is 45.9 Å². The molecule has 0 bridgehead atoms. The van der Waals surface area contributed by atoms with Gasteiger partial charge in [-0.3, -0.25) is 24.5 Å². The largest absolute Gasteiger partial charge is 0.481 e. The second kappa shape index (κ2) is 10.5. The van der Waals surface area contributed by atoms with Crippen LogP contribution in [0, 0.1) is 24.0 Å². The maximum atomic E-state index is 12.8. The number of nitro groups is 1. The highest BCUT2D eigenvalue weighted by molar-refractivity contribution is 6.17. The molecule has 0 unspecified atom stereocenters. The minimum atomic E-state index is -1.31. The van der Waals surface area contributed by atoms with E-state index in [0.717, 1.165) is 0 Å². The van der Waals surface area contributed by atoms with Gasteiger partial charge in [-0.05, 0) is 25.0 Å². The molecule has 2 rings (SSSR count). The zero-order valence-corrected chi connectivity index (χ0v) is 16.4. The summed E-state index contributed by atoms with van der Waals surface area (Å²) in [6.45, 7) is 3.28. The Hall–Kier alpha value is -4.08. The summed E-state index contributed by atoms with van der Waals surface area (Å²) >= 11 is 0. The van der Waals surface area contributed by atoms with Crippen molar-refractivity contribution in [3.63, 3.8) is 0 Å². The molecular weight excluding hydrogens is 398 g/mol. The molecule has 0 radical (unpaired) electrons. The van der Waals surface area contributed by atoms with Gasteiger partial charge < -0.3 is 14.9 Å². The van der Waals surface area contributed by atoms with E-state index in [4.69, 9.17) is 14.9 Å². The third kappa shape index (κ3) is 5.96. The van der Waals surface area contributed by atoms with Crippen LogP contribution in [0.4, 0.5) is 5.69 Å². The summed E-state index contributed by atoms with van der Waals surface area (Å²) in [5.41, 5.74) is 0.596. The highest BCUT2D eigenvalue weighted by Gasteiger charge is 2.31. The fourth-order valence-electron chi connectivity index (χ4n) is 2.49. The predicted molar refractivity (Wildman–Crippen MR) is 104 cm³/mol. The van der Waals surface area contributed by atoms with Gasteiger partial charge in [-0.15, -0.1) is 0 Å². The highest BCUT2D eigenvalue weighted by atomic mass is 16.6. The third-order valence-corrected chi connectivity index (χ3v) is 3.98. The van der Waals surface area contributed by atoms with Crippen molar-refractivity contribution in [2.45, 2.75) is 20.3 Å². The van der Waals surface area contributed by atoms with Crippen molar-refractivity contribution < 1.29 is 39.1 Å². The molecule has 10 heteroatoms. The second-order valence-electron chi connectivity index (χ2n) is 6.00. The maximum Gasteiger partial charge on any atom is 0.339 e. The molecular formula is C20H19NO9. The first kappa shape index (κ1) is 24.0. The van der Waals surface area contributed by atoms with Gasteiger partial charge in [-0.2, -0.15) is 0 Å². The number of carbonyl (C=O) groups excluding carboxylic acids is 2. The first-order chi connectivity index (χ1) is 14.0. The van der Waals surface area contributed by atoms with Crippen LogP contribution >= 0.6 is 0 Å². The van der Waals surface area contributed by atoms with Crippen LogP contribution in [0.3, 0.4) is 0 Å². The lowest BCUT2D eigenvalue weighted by Crippen LogP contribution is -2.16. The number of aliphatic carboxylic acids is 2. The number of hydrogen-bond acceptors (Lipinski definition) is 7. The van der Waals surface area contributed by atoms with Crippen LogP contribution in [0.1, 0.15) is 43.8 Å². The molecule has 0 saturated carbocycles. The van der Waals surface area contributed by atoms with Crippen LogP contribution < -0.4 is 0 Å². The Kier molecular flexibility index (Phi) is 8.35. The molecule has 158 valence electrons. The normalized spacial score (nSPS) is 9.70. The van der Waals surface area contributed by atoms with Crippen LogP contribution in [0.2, 0.25) is 0 Å². The van der Waals surface area contributed by atoms with Crippen molar-refractivity contribution in [2.24, 2.45) is 0 Å². The molecule has 0 spiro atoms. The summed E-state index contributed by atoms with van der Waals surface area (Å²) in [5.74, 6) is -3.98. The lowest BCUT2D eigenvalue weighted by Gasteiger charge is -2.13. The Bertz CT molecular complexity index is 985.